The van der Waals surface area contributed by atoms with Crippen molar-refractivity contribution in [2.24, 2.45) is 0 Å². The first kappa shape index (κ1) is 18.5. The van der Waals surface area contributed by atoms with E-state index in [4.69, 9.17) is 0 Å². The van der Waals surface area contributed by atoms with Crippen LogP contribution in [0.25, 0.3) is 0 Å². The Morgan fingerprint density at radius 3 is 2.75 bits per heavy atom. The van der Waals surface area contributed by atoms with Crippen LogP contribution in [-0.2, 0) is 17.1 Å². The molecule has 0 radical (unpaired) electrons. The first-order valence-electron chi connectivity index (χ1n) is 8.61. The Balaban J connectivity index is 1.38. The summed E-state index contributed by atoms with van der Waals surface area (Å²) < 4.78 is 0.776. The van der Waals surface area contributed by atoms with E-state index in [9.17, 15) is 9.59 Å². The number of thioether (sulfide) groups is 1. The lowest BCUT2D eigenvalue weighted by Crippen LogP contribution is -2.38. The van der Waals surface area contributed by atoms with Crippen molar-refractivity contribution in [2.75, 3.05) is 17.2 Å². The molecule has 0 unspecified atom stereocenters. The highest BCUT2D eigenvalue weighted by Gasteiger charge is 2.23. The van der Waals surface area contributed by atoms with Gasteiger partial charge in [-0.25, -0.2) is 4.79 Å². The molecule has 0 saturated heterocycles. The molecule has 9 heteroatoms. The van der Waals surface area contributed by atoms with Gasteiger partial charge in [-0.15, -0.1) is 10.2 Å². The molecule has 0 spiro atoms. The summed E-state index contributed by atoms with van der Waals surface area (Å²) in [6.07, 6.45) is 0. The number of anilines is 2. The number of para-hydroxylation sites is 1. The molecule has 4 rings (SSSR count). The molecule has 0 bridgehead atoms. The van der Waals surface area contributed by atoms with Crippen molar-refractivity contribution in [1.29, 1.82) is 0 Å². The topological polar surface area (TPSA) is 87.2 Å². The highest BCUT2D eigenvalue weighted by Crippen LogP contribution is 2.28. The van der Waals surface area contributed by atoms with Gasteiger partial charge in [0, 0.05) is 11.4 Å². The first-order valence-corrected chi connectivity index (χ1v) is 10.4. The Kier molecular flexibility index (Phi) is 5.54. The molecular formula is C19H17N5O2S2. The van der Waals surface area contributed by atoms with Gasteiger partial charge in [-0.1, -0.05) is 71.6 Å². The van der Waals surface area contributed by atoms with E-state index in [0.29, 0.717) is 11.7 Å². The Labute approximate surface area is 170 Å². The third-order valence-electron chi connectivity index (χ3n) is 4.10. The second-order valence-electron chi connectivity index (χ2n) is 6.14. The van der Waals surface area contributed by atoms with Crippen molar-refractivity contribution in [1.82, 2.24) is 15.1 Å². The minimum Gasteiger partial charge on any atom is -0.324 e. The minimum absolute atomic E-state index is 0.0189. The van der Waals surface area contributed by atoms with Gasteiger partial charge in [0.15, 0.2) is 4.34 Å². The molecule has 3 aromatic rings. The first-order chi connectivity index (χ1) is 13.7. The summed E-state index contributed by atoms with van der Waals surface area (Å²) in [6.45, 7) is 0.324. The van der Waals surface area contributed by atoms with Crippen molar-refractivity contribution in [2.45, 2.75) is 16.6 Å². The predicted octanol–water partition coefficient (Wildman–Crippen LogP) is 3.82. The van der Waals surface area contributed by atoms with Crippen molar-refractivity contribution in [3.05, 3.63) is 65.7 Å². The molecular weight excluding hydrogens is 394 g/mol. The number of carbonyl (C=O) groups excluding carboxylic acids is 2. The smallest absolute Gasteiger partial charge is 0.324 e. The molecule has 1 aliphatic heterocycles. The molecule has 0 fully saturated rings. The van der Waals surface area contributed by atoms with E-state index in [1.165, 1.54) is 21.8 Å². The zero-order valence-corrected chi connectivity index (χ0v) is 16.4. The van der Waals surface area contributed by atoms with E-state index in [-0.39, 0.29) is 18.5 Å². The SMILES string of the molecule is O=C1CN(C(=O)Nc2nnc(SCc3ccccc3)s2)Cc2ccccc2N1. The van der Waals surface area contributed by atoms with Crippen molar-refractivity contribution in [3.8, 4) is 0 Å². The summed E-state index contributed by atoms with van der Waals surface area (Å²) in [7, 11) is 0. The highest BCUT2D eigenvalue weighted by molar-refractivity contribution is 8.00. The maximum absolute atomic E-state index is 12.6. The van der Waals surface area contributed by atoms with Crippen LogP contribution in [0.5, 0.6) is 0 Å². The fraction of sp³-hybridized carbons (Fsp3) is 0.158. The number of amides is 3. The summed E-state index contributed by atoms with van der Waals surface area (Å²) in [4.78, 5) is 26.2. The van der Waals surface area contributed by atoms with Crippen LogP contribution in [-0.4, -0.2) is 33.6 Å². The van der Waals surface area contributed by atoms with Crippen LogP contribution >= 0.6 is 23.1 Å². The standard InChI is InChI=1S/C19H17N5O2S2/c25-16-11-24(10-14-8-4-5-9-15(14)20-16)18(26)21-17-22-23-19(28-17)27-12-13-6-2-1-3-7-13/h1-9H,10-12H2,(H,20,25)(H,21,22,26). The van der Waals surface area contributed by atoms with Gasteiger partial charge in [0.05, 0.1) is 6.54 Å². The molecule has 2 heterocycles. The largest absolute Gasteiger partial charge is 0.324 e. The molecule has 0 atom stereocenters. The van der Waals surface area contributed by atoms with Gasteiger partial charge in [0.2, 0.25) is 11.0 Å². The van der Waals surface area contributed by atoms with Crippen molar-refractivity contribution < 1.29 is 9.59 Å². The normalized spacial score (nSPS) is 13.4. The molecule has 2 N–H and O–H groups in total. The number of fused-ring (bicyclic) bond motifs is 1. The van der Waals surface area contributed by atoms with E-state index < -0.39 is 0 Å². The molecule has 2 aromatic carbocycles. The molecule has 0 aliphatic carbocycles. The molecule has 28 heavy (non-hydrogen) atoms. The second kappa shape index (κ2) is 8.41. The summed E-state index contributed by atoms with van der Waals surface area (Å²) in [5.74, 6) is 0.559. The molecule has 7 nitrogen and oxygen atoms in total. The highest BCUT2D eigenvalue weighted by atomic mass is 32.2. The van der Waals surface area contributed by atoms with Crippen LogP contribution in [0.2, 0.25) is 0 Å². The van der Waals surface area contributed by atoms with Crippen molar-refractivity contribution in [3.63, 3.8) is 0 Å². The number of carbonyl (C=O) groups is 2. The summed E-state index contributed by atoms with van der Waals surface area (Å²) in [5, 5.41) is 14.1. The van der Waals surface area contributed by atoms with Crippen LogP contribution in [0.3, 0.4) is 0 Å². The Hall–Kier alpha value is -2.91. The summed E-state index contributed by atoms with van der Waals surface area (Å²) in [5.41, 5.74) is 2.82. The zero-order chi connectivity index (χ0) is 19.3. The number of aromatic nitrogens is 2. The quantitative estimate of drug-likeness (QED) is 0.503. The van der Waals surface area contributed by atoms with Gasteiger partial charge in [-0.2, -0.15) is 0 Å². The van der Waals surface area contributed by atoms with Crippen LogP contribution < -0.4 is 10.6 Å². The van der Waals surface area contributed by atoms with Gasteiger partial charge >= 0.3 is 6.03 Å². The summed E-state index contributed by atoms with van der Waals surface area (Å²) in [6, 6.07) is 17.2. The van der Waals surface area contributed by atoms with Crippen molar-refractivity contribution >= 4 is 45.9 Å². The van der Waals surface area contributed by atoms with E-state index in [0.717, 1.165) is 21.3 Å². The molecule has 0 saturated carbocycles. The number of rotatable bonds is 4. The van der Waals surface area contributed by atoms with E-state index in [2.05, 4.69) is 33.0 Å². The summed E-state index contributed by atoms with van der Waals surface area (Å²) >= 11 is 2.88. The Bertz CT molecular complexity index is 993. The lowest BCUT2D eigenvalue weighted by atomic mass is 10.2. The second-order valence-corrected chi connectivity index (χ2v) is 8.34. The lowest BCUT2D eigenvalue weighted by Gasteiger charge is -2.19. The lowest BCUT2D eigenvalue weighted by molar-refractivity contribution is -0.116. The van der Waals surface area contributed by atoms with E-state index in [1.807, 2.05) is 42.5 Å². The molecule has 3 amide bonds. The van der Waals surface area contributed by atoms with Crippen LogP contribution in [0.4, 0.5) is 15.6 Å². The van der Waals surface area contributed by atoms with E-state index in [1.54, 1.807) is 11.8 Å². The molecule has 142 valence electrons. The number of hydrogen-bond donors (Lipinski definition) is 2. The van der Waals surface area contributed by atoms with Gasteiger partial charge in [-0.3, -0.25) is 10.1 Å². The minimum atomic E-state index is -0.373. The van der Waals surface area contributed by atoms with E-state index >= 15 is 0 Å². The number of nitrogens with one attached hydrogen (secondary N) is 2. The van der Waals surface area contributed by atoms with Crippen LogP contribution in [0.1, 0.15) is 11.1 Å². The number of nitrogens with zero attached hydrogens (tertiary/aromatic N) is 3. The molecule has 1 aliphatic rings. The van der Waals surface area contributed by atoms with Gasteiger partial charge in [-0.05, 0) is 17.2 Å². The number of hydrogen-bond acceptors (Lipinski definition) is 6. The average molecular weight is 412 g/mol. The van der Waals surface area contributed by atoms with Gasteiger partial charge in [0.1, 0.15) is 6.54 Å². The third kappa shape index (κ3) is 4.49. The maximum atomic E-state index is 12.6. The average Bonchev–Trinajstić information content (AvgIpc) is 3.07. The predicted molar refractivity (Wildman–Crippen MR) is 110 cm³/mol. The number of benzene rings is 2. The molecule has 1 aromatic heterocycles. The van der Waals surface area contributed by atoms with Crippen LogP contribution in [0, 0.1) is 0 Å². The number of urea groups is 1. The van der Waals surface area contributed by atoms with Gasteiger partial charge < -0.3 is 10.2 Å². The maximum Gasteiger partial charge on any atom is 0.324 e. The zero-order valence-electron chi connectivity index (χ0n) is 14.8. The Morgan fingerprint density at radius 2 is 1.89 bits per heavy atom. The van der Waals surface area contributed by atoms with Gasteiger partial charge in [0.25, 0.3) is 0 Å². The third-order valence-corrected chi connectivity index (χ3v) is 6.14. The Morgan fingerprint density at radius 1 is 1.11 bits per heavy atom. The fourth-order valence-corrected chi connectivity index (χ4v) is 4.45. The van der Waals surface area contributed by atoms with Crippen LogP contribution in [0.15, 0.2) is 58.9 Å². The fourth-order valence-electron chi connectivity index (χ4n) is 2.76. The monoisotopic (exact) mass is 411 g/mol.